The Labute approximate surface area is 180 Å². The fraction of sp³-hybridized carbons (Fsp3) is 0.571. The highest BCUT2D eigenvalue weighted by atomic mass is 19.4. The summed E-state index contributed by atoms with van der Waals surface area (Å²) < 4.78 is 71.4. The molecule has 0 aromatic heterocycles. The van der Waals surface area contributed by atoms with E-state index in [0.717, 1.165) is 18.2 Å². The van der Waals surface area contributed by atoms with Crippen molar-refractivity contribution >= 4 is 19.3 Å². The van der Waals surface area contributed by atoms with Crippen LogP contribution in [0.5, 0.6) is 0 Å². The van der Waals surface area contributed by atoms with Crippen molar-refractivity contribution in [3.63, 3.8) is 0 Å². The Kier molecular flexibility index (Phi) is 6.88. The molecule has 0 unspecified atom stereocenters. The van der Waals surface area contributed by atoms with Crippen LogP contribution < -0.4 is 5.32 Å². The van der Waals surface area contributed by atoms with Gasteiger partial charge in [0.15, 0.2) is 0 Å². The first-order valence-corrected chi connectivity index (χ1v) is 9.82. The Morgan fingerprint density at radius 2 is 1.68 bits per heavy atom. The van der Waals surface area contributed by atoms with Gasteiger partial charge < -0.3 is 19.4 Å². The number of ether oxygens (including phenoxy) is 1. The van der Waals surface area contributed by atoms with E-state index >= 15 is 0 Å². The van der Waals surface area contributed by atoms with Crippen LogP contribution >= 0.6 is 0 Å². The number of benzene rings is 1. The topological polar surface area (TPSA) is 56.8 Å². The Morgan fingerprint density at radius 3 is 2.16 bits per heavy atom. The third-order valence-corrected chi connectivity index (χ3v) is 5.06. The molecule has 2 rings (SSSR count). The number of nitrogens with one attached hydrogen (secondary N) is 1. The van der Waals surface area contributed by atoms with Gasteiger partial charge in [-0.15, -0.1) is 0 Å². The number of alkyl carbamates (subject to hydrolysis) is 1. The van der Waals surface area contributed by atoms with Gasteiger partial charge in [-0.1, -0.05) is 18.2 Å². The second-order valence-corrected chi connectivity index (χ2v) is 9.36. The van der Waals surface area contributed by atoms with Crippen molar-refractivity contribution < 1.29 is 36.4 Å². The fourth-order valence-electron chi connectivity index (χ4n) is 2.85. The van der Waals surface area contributed by atoms with E-state index < -0.39 is 53.1 Å². The van der Waals surface area contributed by atoms with E-state index in [2.05, 4.69) is 5.32 Å². The lowest BCUT2D eigenvalue weighted by Crippen LogP contribution is -2.41. The summed E-state index contributed by atoms with van der Waals surface area (Å²) >= 11 is 0. The van der Waals surface area contributed by atoms with Crippen molar-refractivity contribution in [2.45, 2.75) is 71.4 Å². The molecule has 5 nitrogen and oxygen atoms in total. The molecule has 1 saturated heterocycles. The number of hydrogen-bond acceptors (Lipinski definition) is 4. The fourth-order valence-corrected chi connectivity index (χ4v) is 2.85. The van der Waals surface area contributed by atoms with E-state index in [9.17, 15) is 22.4 Å². The molecule has 31 heavy (non-hydrogen) atoms. The van der Waals surface area contributed by atoms with Crippen LogP contribution in [0.15, 0.2) is 23.7 Å². The average Bonchev–Trinajstić information content (AvgIpc) is 2.76. The van der Waals surface area contributed by atoms with E-state index in [1.807, 2.05) is 0 Å². The summed E-state index contributed by atoms with van der Waals surface area (Å²) in [6, 6.07) is 3.07. The molecule has 0 aliphatic carbocycles. The third kappa shape index (κ3) is 6.23. The molecule has 1 fully saturated rings. The Morgan fingerprint density at radius 1 is 1.13 bits per heavy atom. The number of amides is 1. The van der Waals surface area contributed by atoms with Gasteiger partial charge in [0.1, 0.15) is 11.4 Å². The van der Waals surface area contributed by atoms with Crippen molar-refractivity contribution in [3.8, 4) is 0 Å². The monoisotopic (exact) mass is 445 g/mol. The Balaban J connectivity index is 2.44. The Bertz CT molecular complexity index is 844. The summed E-state index contributed by atoms with van der Waals surface area (Å²) in [5.74, 6) is -1.39. The molecule has 0 spiro atoms. The van der Waals surface area contributed by atoms with Gasteiger partial charge in [0.25, 0.3) is 0 Å². The summed E-state index contributed by atoms with van der Waals surface area (Å²) in [6.45, 7) is 12.0. The smallest absolute Gasteiger partial charge is 0.444 e. The van der Waals surface area contributed by atoms with Gasteiger partial charge in [-0.25, -0.2) is 9.18 Å². The zero-order valence-electron chi connectivity index (χ0n) is 18.7. The van der Waals surface area contributed by atoms with Gasteiger partial charge in [-0.05, 0) is 65.6 Å². The minimum atomic E-state index is -4.91. The first kappa shape index (κ1) is 25.2. The molecule has 172 valence electrons. The quantitative estimate of drug-likeness (QED) is 0.499. The van der Waals surface area contributed by atoms with Crippen molar-refractivity contribution in [1.82, 2.24) is 5.32 Å². The molecule has 0 radical (unpaired) electrons. The summed E-state index contributed by atoms with van der Waals surface area (Å²) in [5, 5.41) is 2.50. The number of alkyl halides is 3. The van der Waals surface area contributed by atoms with Gasteiger partial charge >= 0.3 is 19.4 Å². The largest absolute Gasteiger partial charge is 0.492 e. The first-order chi connectivity index (χ1) is 13.9. The second kappa shape index (κ2) is 8.46. The third-order valence-electron chi connectivity index (χ3n) is 5.06. The SMILES string of the molecule is CC(C)(C)OC(=O)NCC(=Cc1cccc(F)c1C(F)(F)F)B1OC(C)(C)C(C)(C)O1. The normalized spacial score (nSPS) is 18.8. The number of carbonyl (C=O) groups is 1. The van der Waals surface area contributed by atoms with Gasteiger partial charge in [0, 0.05) is 6.54 Å². The number of hydrogen-bond donors (Lipinski definition) is 1. The van der Waals surface area contributed by atoms with Crippen LogP contribution in [0.1, 0.15) is 59.6 Å². The summed E-state index contributed by atoms with van der Waals surface area (Å²) in [4.78, 5) is 12.1. The van der Waals surface area contributed by atoms with E-state index in [0.29, 0.717) is 0 Å². The molecule has 1 aliphatic heterocycles. The molecule has 1 amide bonds. The zero-order valence-corrected chi connectivity index (χ0v) is 18.7. The van der Waals surface area contributed by atoms with E-state index in [4.69, 9.17) is 14.0 Å². The molecule has 1 N–H and O–H groups in total. The van der Waals surface area contributed by atoms with Crippen LogP contribution in [0.3, 0.4) is 0 Å². The molecule has 0 atom stereocenters. The van der Waals surface area contributed by atoms with Gasteiger partial charge in [-0.3, -0.25) is 0 Å². The maximum atomic E-state index is 14.0. The van der Waals surface area contributed by atoms with Crippen LogP contribution in [0.2, 0.25) is 0 Å². The van der Waals surface area contributed by atoms with E-state index in [-0.39, 0.29) is 12.0 Å². The maximum absolute atomic E-state index is 14.0. The lowest BCUT2D eigenvalue weighted by Gasteiger charge is -2.32. The maximum Gasteiger partial charge on any atom is 0.492 e. The van der Waals surface area contributed by atoms with Gasteiger partial charge in [0.2, 0.25) is 0 Å². The van der Waals surface area contributed by atoms with Crippen molar-refractivity contribution in [1.29, 1.82) is 0 Å². The summed E-state index contributed by atoms with van der Waals surface area (Å²) in [6.07, 6.45) is -4.53. The average molecular weight is 445 g/mol. The molecule has 0 saturated carbocycles. The number of halogens is 4. The van der Waals surface area contributed by atoms with Crippen molar-refractivity contribution in [2.75, 3.05) is 6.54 Å². The molecule has 1 aromatic carbocycles. The highest BCUT2D eigenvalue weighted by Crippen LogP contribution is 2.40. The second-order valence-electron chi connectivity index (χ2n) is 9.36. The standard InChI is InChI=1S/C21H28BF4NO4/c1-18(2,3)29-17(28)27-12-14(22-30-19(4,5)20(6,7)31-22)11-13-9-8-10-15(23)16(13)21(24,25)26/h8-11H,12H2,1-7H3,(H,27,28). The lowest BCUT2D eigenvalue weighted by atomic mass is 9.76. The van der Waals surface area contributed by atoms with Crippen molar-refractivity contribution in [2.24, 2.45) is 0 Å². The van der Waals surface area contributed by atoms with Crippen LogP contribution in [-0.4, -0.2) is 36.6 Å². The predicted octanol–water partition coefficient (Wildman–Crippen LogP) is 5.38. The van der Waals surface area contributed by atoms with Crippen LogP contribution in [-0.2, 0) is 20.2 Å². The van der Waals surface area contributed by atoms with Crippen LogP contribution in [0, 0.1) is 5.82 Å². The Hall–Kier alpha value is -2.07. The summed E-state index contributed by atoms with van der Waals surface area (Å²) in [5.41, 5.74) is -3.91. The molecule has 1 aliphatic rings. The molecular weight excluding hydrogens is 417 g/mol. The highest BCUT2D eigenvalue weighted by Gasteiger charge is 2.52. The predicted molar refractivity (Wildman–Crippen MR) is 110 cm³/mol. The first-order valence-electron chi connectivity index (χ1n) is 9.82. The molecule has 0 bridgehead atoms. The highest BCUT2D eigenvalue weighted by molar-refractivity contribution is 6.56. The van der Waals surface area contributed by atoms with Crippen molar-refractivity contribution in [3.05, 3.63) is 40.6 Å². The van der Waals surface area contributed by atoms with Crippen LogP contribution in [0.4, 0.5) is 22.4 Å². The molecular formula is C21H28BF4NO4. The van der Waals surface area contributed by atoms with Gasteiger partial charge in [0.05, 0.1) is 16.8 Å². The van der Waals surface area contributed by atoms with Crippen LogP contribution in [0.25, 0.3) is 6.08 Å². The number of rotatable bonds is 4. The number of carbonyl (C=O) groups excluding carboxylic acids is 1. The van der Waals surface area contributed by atoms with E-state index in [1.54, 1.807) is 48.5 Å². The molecule has 1 aromatic rings. The molecule has 1 heterocycles. The zero-order chi connectivity index (χ0) is 23.8. The minimum Gasteiger partial charge on any atom is -0.444 e. The molecule has 10 heteroatoms. The minimum absolute atomic E-state index is 0.181. The lowest BCUT2D eigenvalue weighted by molar-refractivity contribution is -0.140. The van der Waals surface area contributed by atoms with E-state index in [1.165, 1.54) is 6.07 Å². The summed E-state index contributed by atoms with van der Waals surface area (Å²) in [7, 11) is -1.05. The van der Waals surface area contributed by atoms with Gasteiger partial charge in [-0.2, -0.15) is 13.2 Å².